The summed E-state index contributed by atoms with van der Waals surface area (Å²) in [6.45, 7) is 3.16. The molecule has 2 aromatic heterocycles. The van der Waals surface area contributed by atoms with E-state index < -0.39 is 10.0 Å². The van der Waals surface area contributed by atoms with Gasteiger partial charge in [-0.25, -0.2) is 13.1 Å². The Morgan fingerprint density at radius 3 is 2.95 bits per heavy atom. The molecule has 0 aliphatic heterocycles. The first-order valence-corrected chi connectivity index (χ1v) is 8.05. The molecule has 21 heavy (non-hydrogen) atoms. The lowest BCUT2D eigenvalue weighted by Gasteiger charge is -2.05. The van der Waals surface area contributed by atoms with E-state index in [4.69, 9.17) is 5.11 Å². The first-order valence-electron chi connectivity index (χ1n) is 6.56. The van der Waals surface area contributed by atoms with Crippen LogP contribution in [0.15, 0.2) is 23.6 Å². The number of rotatable bonds is 8. The van der Waals surface area contributed by atoms with Crippen LogP contribution < -0.4 is 4.72 Å². The van der Waals surface area contributed by atoms with Crippen LogP contribution >= 0.6 is 0 Å². The minimum Gasteiger partial charge on any atom is -0.396 e. The summed E-state index contributed by atoms with van der Waals surface area (Å²) in [5, 5.41) is 20.3. The Morgan fingerprint density at radius 2 is 2.24 bits per heavy atom. The molecule has 0 aliphatic rings. The second kappa shape index (κ2) is 6.78. The molecule has 2 N–H and O–H groups in total. The monoisotopic (exact) mass is 314 g/mol. The van der Waals surface area contributed by atoms with Crippen LogP contribution in [0.2, 0.25) is 0 Å². The predicted octanol–water partition coefficient (Wildman–Crippen LogP) is -0.645. The summed E-state index contributed by atoms with van der Waals surface area (Å²) in [4.78, 5) is 0.0861. The zero-order chi connectivity index (χ0) is 15.3. The molecule has 0 unspecified atom stereocenters. The number of nitrogens with one attached hydrogen (secondary N) is 1. The molecule has 0 spiro atoms. The highest BCUT2D eigenvalue weighted by Crippen LogP contribution is 2.08. The van der Waals surface area contributed by atoms with Gasteiger partial charge in [-0.3, -0.25) is 4.68 Å². The number of aromatic nitrogens is 5. The van der Waals surface area contributed by atoms with E-state index in [1.807, 2.05) is 6.92 Å². The SMILES string of the molecule is CCn1cnnc1CNS(=O)(=O)c1cnn(CCCO)c1. The van der Waals surface area contributed by atoms with Crippen molar-refractivity contribution in [2.75, 3.05) is 6.61 Å². The fourth-order valence-corrected chi connectivity index (χ4v) is 2.69. The Kier molecular flexibility index (Phi) is 5.04. The zero-order valence-electron chi connectivity index (χ0n) is 11.7. The standard InChI is InChI=1S/C11H18N6O3S/c1-2-16-9-12-15-11(16)7-14-21(19,20)10-6-13-17(8-10)4-3-5-18/h6,8-9,14,18H,2-5,7H2,1H3. The van der Waals surface area contributed by atoms with Gasteiger partial charge in [-0.2, -0.15) is 5.10 Å². The van der Waals surface area contributed by atoms with E-state index in [0.717, 1.165) is 0 Å². The van der Waals surface area contributed by atoms with Crippen molar-refractivity contribution in [3.8, 4) is 0 Å². The number of hydrogen-bond acceptors (Lipinski definition) is 6. The summed E-state index contributed by atoms with van der Waals surface area (Å²) in [5.41, 5.74) is 0. The normalized spacial score (nSPS) is 11.9. The molecule has 2 rings (SSSR count). The van der Waals surface area contributed by atoms with Crippen molar-refractivity contribution in [2.45, 2.75) is 37.9 Å². The lowest BCUT2D eigenvalue weighted by atomic mass is 10.5. The highest BCUT2D eigenvalue weighted by Gasteiger charge is 2.17. The summed E-state index contributed by atoms with van der Waals surface area (Å²) in [6, 6.07) is 0. The van der Waals surface area contributed by atoms with Crippen LogP contribution in [0.4, 0.5) is 0 Å². The van der Waals surface area contributed by atoms with Gasteiger partial charge in [0, 0.05) is 25.9 Å². The maximum absolute atomic E-state index is 12.1. The van der Waals surface area contributed by atoms with E-state index >= 15 is 0 Å². The fraction of sp³-hybridized carbons (Fsp3) is 0.545. The first kappa shape index (κ1) is 15.6. The van der Waals surface area contributed by atoms with Crippen LogP contribution in [0.5, 0.6) is 0 Å². The molecular weight excluding hydrogens is 296 g/mol. The molecule has 10 heteroatoms. The van der Waals surface area contributed by atoms with Crippen LogP contribution in [0.3, 0.4) is 0 Å². The van der Waals surface area contributed by atoms with Crippen LogP contribution in [-0.4, -0.2) is 44.7 Å². The van der Waals surface area contributed by atoms with Gasteiger partial charge in [0.25, 0.3) is 0 Å². The third-order valence-electron chi connectivity index (χ3n) is 2.92. The number of aliphatic hydroxyl groups is 1. The second-order valence-corrected chi connectivity index (χ2v) is 6.14. The van der Waals surface area contributed by atoms with Crippen LogP contribution in [0.25, 0.3) is 0 Å². The number of sulfonamides is 1. The molecule has 9 nitrogen and oxygen atoms in total. The number of aryl methyl sites for hydroxylation is 2. The largest absolute Gasteiger partial charge is 0.396 e. The van der Waals surface area contributed by atoms with E-state index in [1.54, 1.807) is 10.9 Å². The average molecular weight is 314 g/mol. The summed E-state index contributed by atoms with van der Waals surface area (Å²) < 4.78 is 30.0. The minimum absolute atomic E-state index is 0.0346. The molecule has 0 aliphatic carbocycles. The minimum atomic E-state index is -3.64. The topological polar surface area (TPSA) is 115 Å². The maximum Gasteiger partial charge on any atom is 0.244 e. The Balaban J connectivity index is 2.03. The molecule has 0 atom stereocenters. The van der Waals surface area contributed by atoms with Crippen LogP contribution in [0.1, 0.15) is 19.2 Å². The van der Waals surface area contributed by atoms with E-state index in [1.165, 1.54) is 17.1 Å². The molecule has 0 fully saturated rings. The molecular formula is C11H18N6O3S. The van der Waals surface area contributed by atoms with Crippen molar-refractivity contribution in [2.24, 2.45) is 0 Å². The van der Waals surface area contributed by atoms with Gasteiger partial charge in [0.2, 0.25) is 10.0 Å². The average Bonchev–Trinajstić information content (AvgIpc) is 3.12. The van der Waals surface area contributed by atoms with Gasteiger partial charge >= 0.3 is 0 Å². The van der Waals surface area contributed by atoms with Crippen molar-refractivity contribution >= 4 is 10.0 Å². The Bertz CT molecular complexity index is 678. The smallest absolute Gasteiger partial charge is 0.244 e. The van der Waals surface area contributed by atoms with E-state index in [2.05, 4.69) is 20.0 Å². The molecule has 2 aromatic rings. The number of nitrogens with zero attached hydrogens (tertiary/aromatic N) is 5. The third-order valence-corrected chi connectivity index (χ3v) is 4.28. The lowest BCUT2D eigenvalue weighted by molar-refractivity contribution is 0.277. The van der Waals surface area contributed by atoms with E-state index in [-0.39, 0.29) is 18.0 Å². The van der Waals surface area contributed by atoms with Crippen molar-refractivity contribution < 1.29 is 13.5 Å². The van der Waals surface area contributed by atoms with Gasteiger partial charge in [-0.15, -0.1) is 10.2 Å². The lowest BCUT2D eigenvalue weighted by Crippen LogP contribution is -2.24. The second-order valence-electron chi connectivity index (χ2n) is 4.37. The first-order chi connectivity index (χ1) is 10.1. The van der Waals surface area contributed by atoms with Crippen molar-refractivity contribution in [3.63, 3.8) is 0 Å². The molecule has 116 valence electrons. The Morgan fingerprint density at radius 1 is 1.43 bits per heavy atom. The number of aliphatic hydroxyl groups excluding tert-OH is 1. The molecule has 0 saturated heterocycles. The van der Waals surface area contributed by atoms with E-state index in [9.17, 15) is 8.42 Å². The highest BCUT2D eigenvalue weighted by atomic mass is 32.2. The van der Waals surface area contributed by atoms with Crippen molar-refractivity contribution in [3.05, 3.63) is 24.5 Å². The highest BCUT2D eigenvalue weighted by molar-refractivity contribution is 7.89. The quantitative estimate of drug-likeness (QED) is 0.669. The Labute approximate surface area is 122 Å². The number of hydrogen-bond donors (Lipinski definition) is 2. The van der Waals surface area contributed by atoms with E-state index in [0.29, 0.717) is 25.3 Å². The molecule has 2 heterocycles. The van der Waals surface area contributed by atoms with Gasteiger partial charge in [-0.1, -0.05) is 0 Å². The van der Waals surface area contributed by atoms with Crippen LogP contribution in [-0.2, 0) is 29.7 Å². The summed E-state index contributed by atoms with van der Waals surface area (Å²) in [5.74, 6) is 0.550. The van der Waals surface area contributed by atoms with Crippen molar-refractivity contribution in [1.82, 2.24) is 29.3 Å². The molecule has 0 radical (unpaired) electrons. The zero-order valence-corrected chi connectivity index (χ0v) is 12.5. The molecule has 0 bridgehead atoms. The van der Waals surface area contributed by atoms with Crippen molar-refractivity contribution in [1.29, 1.82) is 0 Å². The molecule has 0 saturated carbocycles. The van der Waals surface area contributed by atoms with Gasteiger partial charge in [0.05, 0.1) is 12.7 Å². The predicted molar refractivity (Wildman–Crippen MR) is 73.7 cm³/mol. The van der Waals surface area contributed by atoms with Gasteiger partial charge < -0.3 is 9.67 Å². The van der Waals surface area contributed by atoms with Gasteiger partial charge in [0.15, 0.2) is 0 Å². The van der Waals surface area contributed by atoms with Crippen LogP contribution in [0, 0.1) is 0 Å². The maximum atomic E-state index is 12.1. The fourth-order valence-electron chi connectivity index (χ4n) is 1.76. The third kappa shape index (κ3) is 3.86. The molecule has 0 amide bonds. The van der Waals surface area contributed by atoms with Gasteiger partial charge in [0.1, 0.15) is 17.0 Å². The Hall–Kier alpha value is -1.78. The summed E-state index contributed by atoms with van der Waals surface area (Å²) in [7, 11) is -3.64. The summed E-state index contributed by atoms with van der Waals surface area (Å²) in [6.07, 6.45) is 4.79. The summed E-state index contributed by atoms with van der Waals surface area (Å²) >= 11 is 0. The molecule has 0 aromatic carbocycles. The van der Waals surface area contributed by atoms with Gasteiger partial charge in [-0.05, 0) is 13.3 Å².